The van der Waals surface area contributed by atoms with Crippen molar-refractivity contribution in [2.75, 3.05) is 27.2 Å². The van der Waals surface area contributed by atoms with Crippen LogP contribution in [0.4, 0.5) is 5.69 Å². The van der Waals surface area contributed by atoms with E-state index in [9.17, 15) is 19.2 Å². The first-order valence-electron chi connectivity index (χ1n) is 10.6. The van der Waals surface area contributed by atoms with Gasteiger partial charge >= 0.3 is 11.9 Å². The van der Waals surface area contributed by atoms with Crippen LogP contribution in [0.2, 0.25) is 0 Å². The first-order chi connectivity index (χ1) is 14.8. The second-order valence-corrected chi connectivity index (χ2v) is 8.21. The lowest BCUT2D eigenvalue weighted by Crippen LogP contribution is -2.48. The Labute approximate surface area is 182 Å². The van der Waals surface area contributed by atoms with Crippen molar-refractivity contribution in [3.05, 3.63) is 42.5 Å². The number of ketones is 1. The van der Waals surface area contributed by atoms with E-state index in [2.05, 4.69) is 0 Å². The maximum absolute atomic E-state index is 13.0. The molecule has 2 amide bonds. The summed E-state index contributed by atoms with van der Waals surface area (Å²) in [6.07, 6.45) is 1.14. The molecule has 0 bridgehead atoms. The summed E-state index contributed by atoms with van der Waals surface area (Å²) in [4.78, 5) is 51.2. The molecule has 7 heteroatoms. The molecule has 1 fully saturated rings. The van der Waals surface area contributed by atoms with Gasteiger partial charge in [-0.15, -0.1) is 0 Å². The zero-order valence-corrected chi connectivity index (χ0v) is 18.3. The summed E-state index contributed by atoms with van der Waals surface area (Å²) in [5.74, 6) is -1.98. The summed E-state index contributed by atoms with van der Waals surface area (Å²) in [5, 5.41) is 2.15. The monoisotopic (exact) mass is 425 g/mol. The summed E-state index contributed by atoms with van der Waals surface area (Å²) < 4.78 is 4.80. The van der Waals surface area contributed by atoms with Crippen molar-refractivity contribution < 1.29 is 23.9 Å². The minimum Gasteiger partial charge on any atom is -0.460 e. The largest absolute Gasteiger partial charge is 0.460 e. The lowest BCUT2D eigenvalue weighted by atomic mass is 10.1. The fourth-order valence-electron chi connectivity index (χ4n) is 3.98. The van der Waals surface area contributed by atoms with Crippen LogP contribution in [-0.2, 0) is 23.9 Å². The Morgan fingerprint density at radius 2 is 1.74 bits per heavy atom. The molecule has 0 N–H and O–H groups in total. The van der Waals surface area contributed by atoms with Gasteiger partial charge in [0.25, 0.3) is 5.78 Å². The predicted molar refractivity (Wildman–Crippen MR) is 118 cm³/mol. The Morgan fingerprint density at radius 3 is 2.45 bits per heavy atom. The minimum atomic E-state index is -0.905. The van der Waals surface area contributed by atoms with Gasteiger partial charge in [-0.25, -0.2) is 14.1 Å². The molecule has 31 heavy (non-hydrogen) atoms. The number of benzene rings is 2. The zero-order chi connectivity index (χ0) is 22.6. The molecule has 2 aromatic rings. The van der Waals surface area contributed by atoms with E-state index in [0.29, 0.717) is 19.4 Å². The van der Waals surface area contributed by atoms with E-state index in [0.717, 1.165) is 16.5 Å². The summed E-state index contributed by atoms with van der Waals surface area (Å²) in [7, 11) is 3.61. The zero-order valence-electron chi connectivity index (χ0n) is 18.3. The highest BCUT2D eigenvalue weighted by Gasteiger charge is 2.38. The van der Waals surface area contributed by atoms with Gasteiger partial charge in [-0.2, -0.15) is 0 Å². The lowest BCUT2D eigenvalue weighted by molar-refractivity contribution is -0.156. The van der Waals surface area contributed by atoms with Gasteiger partial charge in [0.1, 0.15) is 11.7 Å². The molecule has 1 aliphatic rings. The summed E-state index contributed by atoms with van der Waals surface area (Å²) in [6, 6.07) is 13.1. The molecular formula is C24H29N2O5+. The van der Waals surface area contributed by atoms with Crippen molar-refractivity contribution in [1.29, 1.82) is 0 Å². The molecule has 0 aliphatic carbocycles. The molecule has 1 saturated heterocycles. The van der Waals surface area contributed by atoms with E-state index in [-0.39, 0.29) is 35.7 Å². The highest BCUT2D eigenvalue weighted by atomic mass is 16.5. The van der Waals surface area contributed by atoms with Gasteiger partial charge in [0.05, 0.1) is 27.1 Å². The van der Waals surface area contributed by atoms with E-state index >= 15 is 0 Å². The van der Waals surface area contributed by atoms with Gasteiger partial charge in [0.15, 0.2) is 0 Å². The standard InChI is InChI=1S/C24H29N2O5/c1-4-31-24(30)23(29)20-10-7-15-25(20)21(27)13-14-22(28)26(2,3)19-12-11-17-8-5-6-9-18(17)16-19/h5-6,8-9,11-12,16,20H,4,7,10,13-15H2,1-3H3/q+1/t20-/m0/s1. The van der Waals surface area contributed by atoms with Crippen LogP contribution in [0.1, 0.15) is 32.6 Å². The van der Waals surface area contributed by atoms with Crippen LogP contribution < -0.4 is 4.48 Å². The first kappa shape index (κ1) is 22.6. The van der Waals surface area contributed by atoms with E-state index in [1.807, 2.05) is 42.5 Å². The summed E-state index contributed by atoms with van der Waals surface area (Å²) in [5.41, 5.74) is 0.840. The Morgan fingerprint density at radius 1 is 1.03 bits per heavy atom. The van der Waals surface area contributed by atoms with Gasteiger partial charge in [-0.05, 0) is 36.6 Å². The SMILES string of the molecule is CCOC(=O)C(=O)[C@@H]1CCCN1C(=O)CCC(=O)[N+](C)(C)c1ccc2ccccc2c1. The molecule has 164 valence electrons. The fourth-order valence-corrected chi connectivity index (χ4v) is 3.98. The third-order valence-corrected chi connectivity index (χ3v) is 5.91. The number of esters is 1. The number of carbonyl (C=O) groups excluding carboxylic acids is 4. The van der Waals surface area contributed by atoms with Crippen molar-refractivity contribution in [1.82, 2.24) is 9.38 Å². The normalized spacial score (nSPS) is 16.4. The number of nitrogens with zero attached hydrogens (tertiary/aromatic N) is 2. The number of Topliss-reactive ketones (excluding diaryl/α,β-unsaturated/α-hetero) is 1. The van der Waals surface area contributed by atoms with Gasteiger partial charge < -0.3 is 9.64 Å². The molecule has 3 rings (SSSR count). The Kier molecular flexibility index (Phi) is 6.85. The highest BCUT2D eigenvalue weighted by molar-refractivity contribution is 6.36. The second-order valence-electron chi connectivity index (χ2n) is 8.21. The van der Waals surface area contributed by atoms with E-state index < -0.39 is 17.8 Å². The van der Waals surface area contributed by atoms with Crippen molar-refractivity contribution >= 4 is 40.0 Å². The second kappa shape index (κ2) is 9.39. The van der Waals surface area contributed by atoms with Crippen molar-refractivity contribution in [2.45, 2.75) is 38.6 Å². The number of quaternary nitrogens is 1. The Balaban J connectivity index is 1.65. The molecule has 7 nitrogen and oxygen atoms in total. The molecule has 0 aromatic heterocycles. The smallest absolute Gasteiger partial charge is 0.376 e. The van der Waals surface area contributed by atoms with Gasteiger partial charge in [0.2, 0.25) is 5.91 Å². The average Bonchev–Trinajstić information content (AvgIpc) is 3.26. The van der Waals surface area contributed by atoms with Crippen molar-refractivity contribution in [2.24, 2.45) is 0 Å². The van der Waals surface area contributed by atoms with Gasteiger partial charge in [0, 0.05) is 25.1 Å². The molecular weight excluding hydrogens is 396 g/mol. The van der Waals surface area contributed by atoms with E-state index in [1.54, 1.807) is 21.0 Å². The number of likely N-dealkylation sites (tertiary alicyclic amines) is 1. The third kappa shape index (κ3) is 4.82. The predicted octanol–water partition coefficient (Wildman–Crippen LogP) is 2.84. The summed E-state index contributed by atoms with van der Waals surface area (Å²) >= 11 is 0. The first-order valence-corrected chi connectivity index (χ1v) is 10.6. The molecule has 0 spiro atoms. The molecule has 0 radical (unpaired) electrons. The molecule has 0 saturated carbocycles. The number of rotatable bonds is 7. The summed E-state index contributed by atoms with van der Waals surface area (Å²) in [6.45, 7) is 2.15. The quantitative estimate of drug-likeness (QED) is 0.387. The average molecular weight is 426 g/mol. The third-order valence-electron chi connectivity index (χ3n) is 5.91. The number of hydrogen-bond donors (Lipinski definition) is 0. The molecule has 1 atom stereocenters. The Bertz CT molecular complexity index is 1010. The van der Waals surface area contributed by atoms with Crippen LogP contribution in [-0.4, -0.2) is 61.8 Å². The number of hydrogen-bond acceptors (Lipinski definition) is 5. The van der Waals surface area contributed by atoms with Crippen LogP contribution in [0.3, 0.4) is 0 Å². The highest BCUT2D eigenvalue weighted by Crippen LogP contribution is 2.26. The van der Waals surface area contributed by atoms with Gasteiger partial charge in [-0.1, -0.05) is 24.3 Å². The topological polar surface area (TPSA) is 80.8 Å². The Hall–Kier alpha value is -3.06. The van der Waals surface area contributed by atoms with Crippen molar-refractivity contribution in [3.8, 4) is 0 Å². The maximum Gasteiger partial charge on any atom is 0.376 e. The van der Waals surface area contributed by atoms with Crippen LogP contribution in [0.15, 0.2) is 42.5 Å². The number of carbonyl (C=O) groups is 4. The molecule has 1 aliphatic heterocycles. The van der Waals surface area contributed by atoms with Crippen LogP contribution in [0, 0.1) is 0 Å². The minimum absolute atomic E-state index is 0.000694. The molecule has 2 aromatic carbocycles. The van der Waals surface area contributed by atoms with E-state index in [4.69, 9.17) is 4.74 Å². The van der Waals surface area contributed by atoms with Crippen LogP contribution in [0.25, 0.3) is 10.8 Å². The number of fused-ring (bicyclic) bond motifs is 1. The van der Waals surface area contributed by atoms with E-state index in [1.165, 1.54) is 4.90 Å². The molecule has 0 unspecified atom stereocenters. The fraction of sp³-hybridized carbons (Fsp3) is 0.417. The lowest BCUT2D eigenvalue weighted by Gasteiger charge is -2.27. The maximum atomic E-state index is 13.0. The number of amides is 2. The molecule has 1 heterocycles. The van der Waals surface area contributed by atoms with Crippen LogP contribution in [0.5, 0.6) is 0 Å². The number of ether oxygens (including phenoxy) is 1. The van der Waals surface area contributed by atoms with Gasteiger partial charge in [-0.3, -0.25) is 9.59 Å². The van der Waals surface area contributed by atoms with Crippen molar-refractivity contribution in [3.63, 3.8) is 0 Å². The van der Waals surface area contributed by atoms with Crippen LogP contribution >= 0.6 is 0 Å².